The van der Waals surface area contributed by atoms with E-state index in [1.807, 2.05) is 45.0 Å². The summed E-state index contributed by atoms with van der Waals surface area (Å²) >= 11 is 6.22. The number of carbonyl (C=O) groups excluding carboxylic acids is 2. The van der Waals surface area contributed by atoms with Crippen LogP contribution in [0.5, 0.6) is 5.75 Å². The van der Waals surface area contributed by atoms with Crippen LogP contribution in [0.25, 0.3) is 0 Å². The first-order chi connectivity index (χ1) is 16.9. The summed E-state index contributed by atoms with van der Waals surface area (Å²) < 4.78 is 12.8. The van der Waals surface area contributed by atoms with Gasteiger partial charge in [0.05, 0.1) is 25.1 Å². The third kappa shape index (κ3) is 5.66. The van der Waals surface area contributed by atoms with Gasteiger partial charge in [0, 0.05) is 30.2 Å². The smallest absolute Gasteiger partial charge is 0.274 e. The van der Waals surface area contributed by atoms with Gasteiger partial charge in [0.15, 0.2) is 0 Å². The van der Waals surface area contributed by atoms with E-state index in [9.17, 15) is 9.59 Å². The quantitative estimate of drug-likeness (QED) is 0.521. The van der Waals surface area contributed by atoms with Crippen molar-refractivity contribution in [2.75, 3.05) is 31.6 Å². The summed E-state index contributed by atoms with van der Waals surface area (Å²) in [7, 11) is 0. The molecule has 2 amide bonds. The van der Waals surface area contributed by atoms with Gasteiger partial charge < -0.3 is 19.7 Å². The number of hydrogen-bond donors (Lipinski definition) is 1. The van der Waals surface area contributed by atoms with E-state index in [1.165, 1.54) is 6.20 Å². The fourth-order valence-corrected chi connectivity index (χ4v) is 4.07. The van der Waals surface area contributed by atoms with Crippen LogP contribution in [0, 0.1) is 13.8 Å². The Morgan fingerprint density at radius 3 is 2.40 bits per heavy atom. The van der Waals surface area contributed by atoms with Gasteiger partial charge in [0.2, 0.25) is 0 Å². The first-order valence-corrected chi connectivity index (χ1v) is 12.0. The van der Waals surface area contributed by atoms with Crippen molar-refractivity contribution in [3.8, 4) is 5.75 Å². The van der Waals surface area contributed by atoms with Gasteiger partial charge >= 0.3 is 0 Å². The van der Waals surface area contributed by atoms with Crippen LogP contribution in [0.15, 0.2) is 42.6 Å². The molecule has 9 heteroatoms. The number of nitrogens with zero attached hydrogens (tertiary/aromatic N) is 3. The van der Waals surface area contributed by atoms with Crippen molar-refractivity contribution >= 4 is 29.1 Å². The second-order valence-corrected chi connectivity index (χ2v) is 8.82. The zero-order valence-electron chi connectivity index (χ0n) is 20.1. The topological polar surface area (TPSA) is 85.7 Å². The van der Waals surface area contributed by atoms with Gasteiger partial charge in [0.25, 0.3) is 11.8 Å². The highest BCUT2D eigenvalue weighted by atomic mass is 35.5. The summed E-state index contributed by atoms with van der Waals surface area (Å²) in [4.78, 5) is 27.8. The van der Waals surface area contributed by atoms with E-state index in [4.69, 9.17) is 21.1 Å². The Balaban J connectivity index is 1.42. The van der Waals surface area contributed by atoms with E-state index >= 15 is 0 Å². The van der Waals surface area contributed by atoms with Gasteiger partial charge in [-0.3, -0.25) is 14.3 Å². The molecule has 0 bridgehead atoms. The fourth-order valence-electron chi connectivity index (χ4n) is 3.96. The molecule has 1 N–H and O–H groups in total. The zero-order chi connectivity index (χ0) is 24.9. The predicted molar refractivity (Wildman–Crippen MR) is 134 cm³/mol. The van der Waals surface area contributed by atoms with Crippen molar-refractivity contribution in [1.82, 2.24) is 14.7 Å². The van der Waals surface area contributed by atoms with Crippen LogP contribution in [0.3, 0.4) is 0 Å². The molecule has 35 heavy (non-hydrogen) atoms. The summed E-state index contributed by atoms with van der Waals surface area (Å²) in [6, 6.07) is 11.0. The van der Waals surface area contributed by atoms with Gasteiger partial charge in [-0.25, -0.2) is 0 Å². The van der Waals surface area contributed by atoms with Crippen molar-refractivity contribution < 1.29 is 19.1 Å². The summed E-state index contributed by atoms with van der Waals surface area (Å²) in [6.45, 7) is 8.70. The van der Waals surface area contributed by atoms with Gasteiger partial charge in [-0.1, -0.05) is 23.7 Å². The molecule has 1 aromatic heterocycles. The minimum absolute atomic E-state index is 0.164. The van der Waals surface area contributed by atoms with Crippen LogP contribution in [-0.4, -0.2) is 52.8 Å². The SMILES string of the molecule is CCn1ncc(NC(=O)c2ccc(COc3cc(C)c(Cl)c(C)c3)cc2)c1C(=O)N1CCOCC1. The van der Waals surface area contributed by atoms with Crippen molar-refractivity contribution in [3.63, 3.8) is 0 Å². The number of anilines is 1. The molecule has 2 heterocycles. The van der Waals surface area contributed by atoms with Gasteiger partial charge in [-0.15, -0.1) is 0 Å². The maximum atomic E-state index is 13.1. The molecule has 0 spiro atoms. The number of halogens is 1. The monoisotopic (exact) mass is 496 g/mol. The molecule has 1 saturated heterocycles. The number of morpholine rings is 1. The number of carbonyl (C=O) groups is 2. The zero-order valence-corrected chi connectivity index (χ0v) is 20.9. The third-order valence-corrected chi connectivity index (χ3v) is 6.52. The molecule has 0 unspecified atom stereocenters. The number of aromatic nitrogens is 2. The number of ether oxygens (including phenoxy) is 2. The Morgan fingerprint density at radius 1 is 1.11 bits per heavy atom. The van der Waals surface area contributed by atoms with Gasteiger partial charge in [-0.05, 0) is 61.7 Å². The summed E-state index contributed by atoms with van der Waals surface area (Å²) in [5.74, 6) is 0.271. The number of rotatable bonds is 7. The van der Waals surface area contributed by atoms with E-state index in [1.54, 1.807) is 21.7 Å². The minimum Gasteiger partial charge on any atom is -0.489 e. The van der Waals surface area contributed by atoms with E-state index in [-0.39, 0.29) is 11.8 Å². The van der Waals surface area contributed by atoms with Crippen LogP contribution < -0.4 is 10.1 Å². The summed E-state index contributed by atoms with van der Waals surface area (Å²) in [5, 5.41) is 7.88. The number of nitrogens with one attached hydrogen (secondary N) is 1. The lowest BCUT2D eigenvalue weighted by atomic mass is 10.1. The van der Waals surface area contributed by atoms with Crippen LogP contribution in [0.1, 0.15) is 44.5 Å². The van der Waals surface area contributed by atoms with Crippen LogP contribution in [0.4, 0.5) is 5.69 Å². The molecular formula is C26H29ClN4O4. The molecule has 2 aromatic carbocycles. The normalized spacial score (nSPS) is 13.5. The van der Waals surface area contributed by atoms with Crippen molar-refractivity contribution in [3.05, 3.63) is 75.6 Å². The molecule has 1 aliphatic heterocycles. The minimum atomic E-state index is -0.312. The predicted octanol–water partition coefficient (Wildman–Crippen LogP) is 4.48. The molecule has 0 radical (unpaired) electrons. The third-order valence-electron chi connectivity index (χ3n) is 5.92. The summed E-state index contributed by atoms with van der Waals surface area (Å²) in [6.07, 6.45) is 1.52. The van der Waals surface area contributed by atoms with Gasteiger partial charge in [0.1, 0.15) is 18.1 Å². The largest absolute Gasteiger partial charge is 0.489 e. The molecule has 0 aliphatic carbocycles. The Bertz CT molecular complexity index is 1190. The second kappa shape index (κ2) is 10.9. The number of amides is 2. The molecule has 184 valence electrons. The maximum Gasteiger partial charge on any atom is 0.274 e. The second-order valence-electron chi connectivity index (χ2n) is 8.44. The Hall–Kier alpha value is -3.36. The average molecular weight is 497 g/mol. The maximum absolute atomic E-state index is 13.1. The molecule has 0 atom stereocenters. The van der Waals surface area contributed by atoms with E-state index in [0.717, 1.165) is 27.5 Å². The summed E-state index contributed by atoms with van der Waals surface area (Å²) in [5.41, 5.74) is 4.10. The first-order valence-electron chi connectivity index (χ1n) is 11.6. The van der Waals surface area contributed by atoms with Crippen molar-refractivity contribution in [1.29, 1.82) is 0 Å². The Labute approximate surface area is 209 Å². The molecule has 3 aromatic rings. The number of aryl methyl sites for hydroxylation is 3. The molecule has 0 saturated carbocycles. The van der Waals surface area contributed by atoms with E-state index < -0.39 is 0 Å². The van der Waals surface area contributed by atoms with Crippen molar-refractivity contribution in [2.45, 2.75) is 33.9 Å². The van der Waals surface area contributed by atoms with E-state index in [0.29, 0.717) is 56.4 Å². The fraction of sp³-hybridized carbons (Fsp3) is 0.346. The first kappa shape index (κ1) is 24.8. The number of hydrogen-bond acceptors (Lipinski definition) is 5. The molecule has 4 rings (SSSR count). The van der Waals surface area contributed by atoms with Crippen LogP contribution in [0.2, 0.25) is 5.02 Å². The van der Waals surface area contributed by atoms with Crippen LogP contribution in [-0.2, 0) is 17.9 Å². The average Bonchev–Trinajstić information content (AvgIpc) is 3.28. The highest BCUT2D eigenvalue weighted by molar-refractivity contribution is 6.32. The lowest BCUT2D eigenvalue weighted by molar-refractivity contribution is 0.0295. The molecule has 8 nitrogen and oxygen atoms in total. The van der Waals surface area contributed by atoms with Gasteiger partial charge in [-0.2, -0.15) is 5.10 Å². The van der Waals surface area contributed by atoms with Crippen molar-refractivity contribution in [2.24, 2.45) is 0 Å². The van der Waals surface area contributed by atoms with Crippen LogP contribution >= 0.6 is 11.6 Å². The molecular weight excluding hydrogens is 468 g/mol. The highest BCUT2D eigenvalue weighted by Crippen LogP contribution is 2.26. The standard InChI is InChI=1S/C26H29ClN4O4/c1-4-31-24(26(33)30-9-11-34-12-10-30)22(15-28-31)29-25(32)20-7-5-19(6-8-20)16-35-21-13-17(2)23(27)18(3)14-21/h5-8,13-15H,4,9-12,16H2,1-3H3,(H,29,32). The molecule has 1 aliphatic rings. The Morgan fingerprint density at radius 2 is 1.77 bits per heavy atom. The highest BCUT2D eigenvalue weighted by Gasteiger charge is 2.26. The lowest BCUT2D eigenvalue weighted by Gasteiger charge is -2.27. The molecule has 1 fully saturated rings. The number of benzene rings is 2. The lowest BCUT2D eigenvalue weighted by Crippen LogP contribution is -2.41. The van der Waals surface area contributed by atoms with E-state index in [2.05, 4.69) is 10.4 Å². The Kier molecular flexibility index (Phi) is 7.73.